The lowest BCUT2D eigenvalue weighted by atomic mass is 9.96. The van der Waals surface area contributed by atoms with Gasteiger partial charge in [0.25, 0.3) is 0 Å². The molecule has 0 spiro atoms. The van der Waals surface area contributed by atoms with Crippen molar-refractivity contribution < 1.29 is 9.53 Å². The topological polar surface area (TPSA) is 84.3 Å². The number of pyridine rings is 2. The van der Waals surface area contributed by atoms with Crippen molar-refractivity contribution >= 4 is 34.6 Å². The highest BCUT2D eigenvalue weighted by Crippen LogP contribution is 2.44. The highest BCUT2D eigenvalue weighted by molar-refractivity contribution is 7.80. The molecule has 194 valence electrons. The summed E-state index contributed by atoms with van der Waals surface area (Å²) in [6.07, 6.45) is 5.44. The van der Waals surface area contributed by atoms with Crippen LogP contribution in [0.25, 0.3) is 0 Å². The van der Waals surface area contributed by atoms with E-state index in [9.17, 15) is 4.79 Å². The van der Waals surface area contributed by atoms with E-state index < -0.39 is 0 Å². The third-order valence-corrected chi connectivity index (χ3v) is 7.21. The Morgan fingerprint density at radius 1 is 1.11 bits per heavy atom. The van der Waals surface area contributed by atoms with Crippen molar-refractivity contribution in [3.8, 4) is 5.75 Å². The Labute approximate surface area is 227 Å². The van der Waals surface area contributed by atoms with Crippen LogP contribution in [0.3, 0.4) is 0 Å². The van der Waals surface area contributed by atoms with Crippen LogP contribution in [0.1, 0.15) is 47.2 Å². The normalized spacial score (nSPS) is 16.8. The maximum absolute atomic E-state index is 11.9. The fourth-order valence-corrected chi connectivity index (χ4v) is 5.47. The van der Waals surface area contributed by atoms with Crippen molar-refractivity contribution in [2.24, 2.45) is 0 Å². The van der Waals surface area contributed by atoms with Crippen molar-refractivity contribution in [1.29, 1.82) is 0 Å². The minimum Gasteiger partial charge on any atom is -0.495 e. The molecule has 38 heavy (non-hydrogen) atoms. The second-order valence-electron chi connectivity index (χ2n) is 9.33. The number of benzene rings is 1. The quantitative estimate of drug-likeness (QED) is 0.325. The van der Waals surface area contributed by atoms with Gasteiger partial charge in [-0.15, -0.1) is 0 Å². The molecule has 0 radical (unpaired) electrons. The van der Waals surface area contributed by atoms with E-state index in [0.717, 1.165) is 34.9 Å². The fraction of sp³-hybridized carbons (Fsp3) is 0.241. The molecule has 9 heteroatoms. The first-order valence-electron chi connectivity index (χ1n) is 12.4. The molecular formula is C29H30N6O2S. The SMILES string of the molecule is COc1ccc(N2C(=S)N[C@@H](c3ccccn3)[C@@H]2c2cc(C)n(Cc3ccncc3)c2C)cc1NC(C)=O. The number of anilines is 2. The lowest BCUT2D eigenvalue weighted by Gasteiger charge is -2.29. The fourth-order valence-electron chi connectivity index (χ4n) is 5.12. The van der Waals surface area contributed by atoms with Crippen molar-refractivity contribution in [1.82, 2.24) is 19.9 Å². The molecule has 4 heterocycles. The van der Waals surface area contributed by atoms with Crippen LogP contribution in [-0.2, 0) is 11.3 Å². The van der Waals surface area contributed by atoms with Crippen LogP contribution < -0.4 is 20.3 Å². The minimum absolute atomic E-state index is 0.173. The Bertz CT molecular complexity index is 1470. The Hall–Kier alpha value is -4.24. The summed E-state index contributed by atoms with van der Waals surface area (Å²) in [4.78, 5) is 22.8. The second-order valence-corrected chi connectivity index (χ2v) is 9.72. The Balaban J connectivity index is 1.63. The van der Waals surface area contributed by atoms with Gasteiger partial charge >= 0.3 is 0 Å². The molecule has 0 unspecified atom stereocenters. The van der Waals surface area contributed by atoms with E-state index in [2.05, 4.69) is 50.0 Å². The predicted molar refractivity (Wildman–Crippen MR) is 152 cm³/mol. The number of hydrogen-bond donors (Lipinski definition) is 2. The molecule has 1 saturated heterocycles. The number of nitrogens with one attached hydrogen (secondary N) is 2. The predicted octanol–water partition coefficient (Wildman–Crippen LogP) is 5.09. The molecule has 1 aliphatic heterocycles. The molecule has 2 N–H and O–H groups in total. The first-order chi connectivity index (χ1) is 18.4. The van der Waals surface area contributed by atoms with Crippen LogP contribution >= 0.6 is 12.2 Å². The molecular weight excluding hydrogens is 496 g/mol. The first-order valence-corrected chi connectivity index (χ1v) is 12.8. The Morgan fingerprint density at radius 2 is 1.89 bits per heavy atom. The number of thiocarbonyl (C=S) groups is 1. The summed E-state index contributed by atoms with van der Waals surface area (Å²) in [5.74, 6) is 0.403. The number of hydrogen-bond acceptors (Lipinski definition) is 5. The first kappa shape index (κ1) is 25.4. The molecule has 0 saturated carbocycles. The van der Waals surface area contributed by atoms with Crippen LogP contribution in [-0.4, -0.2) is 32.7 Å². The van der Waals surface area contributed by atoms with Crippen molar-refractivity contribution in [2.45, 2.75) is 39.4 Å². The van der Waals surface area contributed by atoms with Gasteiger partial charge in [0.15, 0.2) is 5.11 Å². The van der Waals surface area contributed by atoms with Gasteiger partial charge in [-0.25, -0.2) is 0 Å². The molecule has 1 amide bonds. The Morgan fingerprint density at radius 3 is 2.58 bits per heavy atom. The molecule has 4 aromatic rings. The van der Waals surface area contributed by atoms with Gasteiger partial charge in [0.05, 0.1) is 30.6 Å². The van der Waals surface area contributed by atoms with E-state index in [4.69, 9.17) is 17.0 Å². The third-order valence-electron chi connectivity index (χ3n) is 6.89. The zero-order chi connectivity index (χ0) is 26.8. The minimum atomic E-state index is -0.176. The van der Waals surface area contributed by atoms with Crippen molar-refractivity contribution in [3.63, 3.8) is 0 Å². The molecule has 1 aromatic carbocycles. The summed E-state index contributed by atoms with van der Waals surface area (Å²) in [6.45, 7) is 6.50. The average molecular weight is 527 g/mol. The second kappa shape index (κ2) is 10.6. The summed E-state index contributed by atoms with van der Waals surface area (Å²) in [5.41, 5.74) is 6.96. The van der Waals surface area contributed by atoms with Gasteiger partial charge in [-0.05, 0) is 85.7 Å². The number of amides is 1. The van der Waals surface area contributed by atoms with Crippen LogP contribution in [0.5, 0.6) is 5.75 Å². The zero-order valence-electron chi connectivity index (χ0n) is 21.8. The maximum atomic E-state index is 11.9. The van der Waals surface area contributed by atoms with E-state index in [1.807, 2.05) is 60.9 Å². The lowest BCUT2D eigenvalue weighted by Crippen LogP contribution is -2.29. The average Bonchev–Trinajstić information content (AvgIpc) is 3.40. The highest BCUT2D eigenvalue weighted by Gasteiger charge is 2.42. The van der Waals surface area contributed by atoms with Crippen LogP contribution in [0.2, 0.25) is 0 Å². The van der Waals surface area contributed by atoms with E-state index in [1.54, 1.807) is 13.3 Å². The van der Waals surface area contributed by atoms with Gasteiger partial charge in [-0.1, -0.05) is 6.07 Å². The van der Waals surface area contributed by atoms with Gasteiger partial charge in [0, 0.05) is 49.1 Å². The summed E-state index contributed by atoms with van der Waals surface area (Å²) in [5, 5.41) is 6.98. The lowest BCUT2D eigenvalue weighted by molar-refractivity contribution is -0.114. The van der Waals surface area contributed by atoms with Gasteiger partial charge in [-0.3, -0.25) is 14.8 Å². The van der Waals surface area contributed by atoms with Crippen LogP contribution in [0.15, 0.2) is 73.2 Å². The van der Waals surface area contributed by atoms with E-state index in [-0.39, 0.29) is 18.0 Å². The molecule has 3 aromatic heterocycles. The smallest absolute Gasteiger partial charge is 0.221 e. The van der Waals surface area contributed by atoms with Crippen molar-refractivity contribution in [2.75, 3.05) is 17.3 Å². The van der Waals surface area contributed by atoms with E-state index in [0.29, 0.717) is 16.5 Å². The van der Waals surface area contributed by atoms with Gasteiger partial charge in [-0.2, -0.15) is 0 Å². The van der Waals surface area contributed by atoms with E-state index in [1.165, 1.54) is 12.5 Å². The number of methoxy groups -OCH3 is 1. The van der Waals surface area contributed by atoms with Gasteiger partial charge < -0.3 is 24.8 Å². The summed E-state index contributed by atoms with van der Waals surface area (Å²) in [6, 6.07) is 17.6. The van der Waals surface area contributed by atoms with E-state index >= 15 is 0 Å². The van der Waals surface area contributed by atoms with Crippen LogP contribution in [0, 0.1) is 13.8 Å². The van der Waals surface area contributed by atoms with Crippen LogP contribution in [0.4, 0.5) is 11.4 Å². The molecule has 8 nitrogen and oxygen atoms in total. The summed E-state index contributed by atoms with van der Waals surface area (Å²) < 4.78 is 7.80. The van der Waals surface area contributed by atoms with Gasteiger partial charge in [0.2, 0.25) is 5.91 Å². The highest BCUT2D eigenvalue weighted by atomic mass is 32.1. The Kier molecular flexibility index (Phi) is 7.11. The summed E-state index contributed by atoms with van der Waals surface area (Å²) in [7, 11) is 1.58. The molecule has 2 atom stereocenters. The van der Waals surface area contributed by atoms with Gasteiger partial charge in [0.1, 0.15) is 5.75 Å². The number of carbonyl (C=O) groups is 1. The number of aryl methyl sites for hydroxylation is 1. The zero-order valence-corrected chi connectivity index (χ0v) is 22.6. The maximum Gasteiger partial charge on any atom is 0.221 e. The molecule has 5 rings (SSSR count). The molecule has 1 fully saturated rings. The van der Waals surface area contributed by atoms with Crippen molar-refractivity contribution in [3.05, 3.63) is 101 Å². The monoisotopic (exact) mass is 526 g/mol. The standard InChI is InChI=1S/C29H30N6O2S/c1-18-15-23(19(2)34(18)17-21-10-13-30-14-11-21)28-27(24-7-5-6-12-31-24)33-29(38)35(28)22-8-9-26(37-4)25(16-22)32-20(3)36/h5-16,27-28H,17H2,1-4H3,(H,32,36)(H,33,38)/t27-,28-/m0/s1. The third kappa shape index (κ3) is 4.84. The number of carbonyl (C=O) groups excluding carboxylic acids is 1. The number of ether oxygens (including phenoxy) is 1. The molecule has 1 aliphatic rings. The number of rotatable bonds is 7. The molecule has 0 bridgehead atoms. The largest absolute Gasteiger partial charge is 0.495 e. The molecule has 0 aliphatic carbocycles. The number of aromatic nitrogens is 3. The summed E-state index contributed by atoms with van der Waals surface area (Å²) >= 11 is 5.91. The number of nitrogens with zero attached hydrogens (tertiary/aromatic N) is 4.